The molecule has 2 unspecified atom stereocenters. The summed E-state index contributed by atoms with van der Waals surface area (Å²) in [5.74, 6) is -0.119. The Morgan fingerprint density at radius 2 is 1.30 bits per heavy atom. The third-order valence-corrected chi connectivity index (χ3v) is 19.3. The molecule has 1 fully saturated rings. The lowest BCUT2D eigenvalue weighted by Gasteiger charge is -2.57. The fourth-order valence-corrected chi connectivity index (χ4v) is 21.2. The van der Waals surface area contributed by atoms with Crippen molar-refractivity contribution in [2.24, 2.45) is 5.92 Å². The van der Waals surface area contributed by atoms with Crippen LogP contribution in [0, 0.1) is 5.92 Å². The number of rotatable bonds is 9. The molecule has 0 spiro atoms. The molecular formula is C20H43N2O2PSSi. The van der Waals surface area contributed by atoms with Crippen LogP contribution in [0.1, 0.15) is 61.8 Å². The third-order valence-electron chi connectivity index (χ3n) is 5.98. The molecule has 0 aromatic rings. The van der Waals surface area contributed by atoms with Crippen molar-refractivity contribution in [1.29, 1.82) is 0 Å². The summed E-state index contributed by atoms with van der Waals surface area (Å²) in [5, 5.41) is 0. The first-order chi connectivity index (χ1) is 12.1. The van der Waals surface area contributed by atoms with Crippen LogP contribution in [0.15, 0.2) is 0 Å². The van der Waals surface area contributed by atoms with E-state index in [2.05, 4.69) is 84.4 Å². The highest BCUT2D eigenvalue weighted by Gasteiger charge is 2.75. The fourth-order valence-electron chi connectivity index (χ4n) is 5.24. The van der Waals surface area contributed by atoms with Crippen molar-refractivity contribution in [1.82, 2.24) is 9.34 Å². The van der Waals surface area contributed by atoms with E-state index >= 15 is 0 Å². The van der Waals surface area contributed by atoms with Crippen LogP contribution in [-0.4, -0.2) is 59.4 Å². The van der Waals surface area contributed by atoms with Gasteiger partial charge in [0.2, 0.25) is 0 Å². The topological polar surface area (TPSA) is 32.8 Å². The quantitative estimate of drug-likeness (QED) is 0.278. The van der Waals surface area contributed by atoms with Crippen molar-refractivity contribution in [3.05, 3.63) is 0 Å². The van der Waals surface area contributed by atoms with Gasteiger partial charge in [0.05, 0.1) is 27.4 Å². The van der Waals surface area contributed by atoms with Crippen LogP contribution in [0.2, 0.25) is 19.6 Å². The maximum absolute atomic E-state index is 12.7. The molecular weight excluding hydrogens is 391 g/mol. The zero-order valence-electron chi connectivity index (χ0n) is 19.7. The predicted octanol–water partition coefficient (Wildman–Crippen LogP) is 5.34. The number of nitrogens with zero attached hydrogens (tertiary/aromatic N) is 2. The first-order valence-electron chi connectivity index (χ1n) is 10.4. The molecule has 0 heterocycles. The van der Waals surface area contributed by atoms with E-state index in [0.29, 0.717) is 24.2 Å². The van der Waals surface area contributed by atoms with E-state index in [1.54, 1.807) is 0 Å². The molecule has 4 nitrogen and oxygen atoms in total. The van der Waals surface area contributed by atoms with Crippen molar-refractivity contribution in [2.45, 2.75) is 110 Å². The average molecular weight is 435 g/mol. The Balaban J connectivity index is 3.86. The van der Waals surface area contributed by atoms with Gasteiger partial charge < -0.3 is 4.74 Å². The molecule has 0 saturated heterocycles. The molecule has 0 aromatic carbocycles. The van der Waals surface area contributed by atoms with Gasteiger partial charge in [0.25, 0.3) is 0 Å². The predicted molar refractivity (Wildman–Crippen MR) is 125 cm³/mol. The van der Waals surface area contributed by atoms with Crippen molar-refractivity contribution >= 4 is 32.2 Å². The second-order valence-corrected chi connectivity index (χ2v) is 20.3. The summed E-state index contributed by atoms with van der Waals surface area (Å²) in [6, 6.07) is 1.34. The lowest BCUT2D eigenvalue weighted by atomic mass is 10.3. The van der Waals surface area contributed by atoms with Gasteiger partial charge in [-0.1, -0.05) is 31.4 Å². The van der Waals surface area contributed by atoms with E-state index in [1.807, 2.05) is 0 Å². The Bertz CT molecular complexity index is 549. The van der Waals surface area contributed by atoms with Crippen molar-refractivity contribution in [2.75, 3.05) is 7.11 Å². The molecule has 0 aliphatic heterocycles. The molecule has 160 valence electrons. The van der Waals surface area contributed by atoms with Gasteiger partial charge in [-0.15, -0.1) is 0 Å². The monoisotopic (exact) mass is 434 g/mol. The summed E-state index contributed by atoms with van der Waals surface area (Å²) < 4.78 is 10.3. The Kier molecular flexibility index (Phi) is 8.01. The third kappa shape index (κ3) is 4.12. The number of carbonyl (C=O) groups is 1. The number of ether oxygens (including phenoxy) is 1. The van der Waals surface area contributed by atoms with Gasteiger partial charge in [-0.25, -0.2) is 0 Å². The summed E-state index contributed by atoms with van der Waals surface area (Å²) in [6.45, 7) is 25.3. The number of esters is 1. The SMILES string of the molecule is COC(=O)C1CC1([Si](C)(C)C)P(=S)(N(C(C)C)C(C)C)N(C(C)C)C(C)C. The molecule has 1 rings (SSSR count). The smallest absolute Gasteiger partial charge is 0.309 e. The second-order valence-electron chi connectivity index (χ2n) is 10.1. The lowest BCUT2D eigenvalue weighted by molar-refractivity contribution is -0.142. The minimum absolute atomic E-state index is 0.0556. The Morgan fingerprint density at radius 1 is 0.963 bits per heavy atom. The van der Waals surface area contributed by atoms with Gasteiger partial charge in [-0.2, -0.15) is 0 Å². The number of hydrogen-bond donors (Lipinski definition) is 0. The van der Waals surface area contributed by atoms with Crippen LogP contribution >= 0.6 is 6.34 Å². The summed E-state index contributed by atoms with van der Waals surface area (Å²) in [7, 11) is -0.281. The van der Waals surface area contributed by atoms with Crippen LogP contribution in [0.25, 0.3) is 0 Å². The van der Waals surface area contributed by atoms with E-state index in [0.717, 1.165) is 6.42 Å². The summed E-state index contributed by atoms with van der Waals surface area (Å²) in [5.41, 5.74) is 0. The maximum Gasteiger partial charge on any atom is 0.309 e. The van der Waals surface area contributed by atoms with Crippen molar-refractivity contribution in [3.63, 3.8) is 0 Å². The van der Waals surface area contributed by atoms with Crippen LogP contribution < -0.4 is 0 Å². The minimum Gasteiger partial charge on any atom is -0.469 e. The molecule has 0 bridgehead atoms. The molecule has 7 heteroatoms. The van der Waals surface area contributed by atoms with Crippen LogP contribution in [-0.2, 0) is 21.3 Å². The molecule has 0 radical (unpaired) electrons. The summed E-state index contributed by atoms with van der Waals surface area (Å²) >= 11 is 6.83. The second kappa shape index (κ2) is 8.55. The molecule has 1 aliphatic carbocycles. The van der Waals surface area contributed by atoms with E-state index in [9.17, 15) is 4.79 Å². The highest BCUT2D eigenvalue weighted by atomic mass is 32.4. The fraction of sp³-hybridized carbons (Fsp3) is 0.950. The Hall–Kier alpha value is 0.257. The van der Waals surface area contributed by atoms with E-state index in [1.165, 1.54) is 7.11 Å². The normalized spacial score (nSPS) is 24.0. The van der Waals surface area contributed by atoms with Gasteiger partial charge in [-0.05, 0) is 61.8 Å². The van der Waals surface area contributed by atoms with Gasteiger partial charge in [0.15, 0.2) is 0 Å². The lowest BCUT2D eigenvalue weighted by Crippen LogP contribution is -2.56. The van der Waals surface area contributed by atoms with Gasteiger partial charge in [-0.3, -0.25) is 14.1 Å². The van der Waals surface area contributed by atoms with E-state index in [-0.39, 0.29) is 16.7 Å². The number of methoxy groups -OCH3 is 1. The standard InChI is InChI=1S/C20H43N2O2PSSi/c1-14(2)21(15(3)4)25(26,22(16(5)6)17(7)8)20(27(10,11)12)13-18(20)19(23)24-9/h14-18H,13H2,1-12H3. The van der Waals surface area contributed by atoms with Gasteiger partial charge in [0.1, 0.15) is 0 Å². The Morgan fingerprint density at radius 3 is 1.52 bits per heavy atom. The first kappa shape index (κ1) is 25.3. The van der Waals surface area contributed by atoms with Crippen molar-refractivity contribution in [3.8, 4) is 0 Å². The van der Waals surface area contributed by atoms with Gasteiger partial charge in [0, 0.05) is 28.9 Å². The average Bonchev–Trinajstić information content (AvgIpc) is 3.21. The molecule has 0 aromatic heterocycles. The molecule has 27 heavy (non-hydrogen) atoms. The highest BCUT2D eigenvalue weighted by Crippen LogP contribution is 2.80. The first-order valence-corrected chi connectivity index (χ1v) is 16.6. The van der Waals surface area contributed by atoms with Crippen molar-refractivity contribution < 1.29 is 9.53 Å². The molecule has 1 saturated carbocycles. The zero-order chi connectivity index (χ0) is 21.5. The highest BCUT2D eigenvalue weighted by molar-refractivity contribution is 8.14. The zero-order valence-corrected chi connectivity index (χ0v) is 22.4. The summed E-state index contributed by atoms with van der Waals surface area (Å²) in [6.07, 6.45) is -1.35. The largest absolute Gasteiger partial charge is 0.469 e. The summed E-state index contributed by atoms with van der Waals surface area (Å²) in [4.78, 5) is 12.7. The number of hydrogen-bond acceptors (Lipinski definition) is 3. The van der Waals surface area contributed by atoms with Crippen LogP contribution in [0.4, 0.5) is 0 Å². The van der Waals surface area contributed by atoms with E-state index < -0.39 is 14.4 Å². The molecule has 1 aliphatic rings. The van der Waals surface area contributed by atoms with E-state index in [4.69, 9.17) is 16.5 Å². The molecule has 0 N–H and O–H groups in total. The maximum atomic E-state index is 12.7. The number of carbonyl (C=O) groups excluding carboxylic acids is 1. The minimum atomic E-state index is -2.24. The van der Waals surface area contributed by atoms with Crippen LogP contribution in [0.3, 0.4) is 0 Å². The van der Waals surface area contributed by atoms with Gasteiger partial charge >= 0.3 is 5.97 Å². The Labute approximate surface area is 174 Å². The molecule has 2 atom stereocenters. The molecule has 0 amide bonds. The van der Waals surface area contributed by atoms with Crippen LogP contribution in [0.5, 0.6) is 0 Å².